The minimum atomic E-state index is -4.66. The highest BCUT2D eigenvalue weighted by molar-refractivity contribution is 6.09. The number of allylic oxidation sites excluding steroid dienone is 1. The Kier molecular flexibility index (Phi) is 8.72. The number of aryl methyl sites for hydroxylation is 1. The summed E-state index contributed by atoms with van der Waals surface area (Å²) in [4.78, 5) is 31.9. The number of aliphatic imine (C=N–C) groups is 1. The van der Waals surface area contributed by atoms with Crippen LogP contribution in [0, 0.1) is 6.92 Å². The SMILES string of the molecule is CN=CC(=CN)c1ccc(C2CCN(C(=O)c3ccc(C)c(NC(=O)c4ccccc4C(F)(F)F)c3)CC2)cc1. The van der Waals surface area contributed by atoms with Crippen LogP contribution in [0.3, 0.4) is 0 Å². The fourth-order valence-corrected chi connectivity index (χ4v) is 4.91. The van der Waals surface area contributed by atoms with Gasteiger partial charge in [-0.25, -0.2) is 0 Å². The van der Waals surface area contributed by atoms with Crippen LogP contribution in [0.5, 0.6) is 0 Å². The number of carbonyl (C=O) groups excluding carboxylic acids is 2. The number of nitrogens with zero attached hydrogens (tertiary/aromatic N) is 2. The van der Waals surface area contributed by atoms with Gasteiger partial charge in [-0.3, -0.25) is 14.6 Å². The second kappa shape index (κ2) is 12.2. The van der Waals surface area contributed by atoms with Crippen molar-refractivity contribution >= 4 is 29.3 Å². The molecule has 0 saturated carbocycles. The van der Waals surface area contributed by atoms with Crippen LogP contribution >= 0.6 is 0 Å². The zero-order chi connectivity index (χ0) is 28.9. The van der Waals surface area contributed by atoms with Gasteiger partial charge in [-0.05, 0) is 66.6 Å². The van der Waals surface area contributed by atoms with E-state index in [1.54, 1.807) is 37.2 Å². The smallest absolute Gasteiger partial charge is 0.404 e. The molecule has 0 unspecified atom stereocenters. The van der Waals surface area contributed by atoms with Crippen LogP contribution in [0.15, 0.2) is 77.9 Å². The molecule has 6 nitrogen and oxygen atoms in total. The van der Waals surface area contributed by atoms with Crippen LogP contribution < -0.4 is 11.1 Å². The molecule has 3 N–H and O–H groups in total. The van der Waals surface area contributed by atoms with Crippen molar-refractivity contribution in [3.8, 4) is 0 Å². The number of rotatable bonds is 6. The van der Waals surface area contributed by atoms with Crippen molar-refractivity contribution in [2.24, 2.45) is 10.7 Å². The van der Waals surface area contributed by atoms with E-state index in [9.17, 15) is 22.8 Å². The number of piperidine rings is 1. The minimum absolute atomic E-state index is 0.184. The molecule has 4 rings (SSSR count). The zero-order valence-electron chi connectivity index (χ0n) is 22.3. The van der Waals surface area contributed by atoms with E-state index in [0.717, 1.165) is 36.1 Å². The molecule has 2 amide bonds. The van der Waals surface area contributed by atoms with Crippen molar-refractivity contribution in [2.75, 3.05) is 25.5 Å². The van der Waals surface area contributed by atoms with Crippen molar-refractivity contribution in [3.63, 3.8) is 0 Å². The fourth-order valence-electron chi connectivity index (χ4n) is 4.91. The fraction of sp³-hybridized carbons (Fsp3) is 0.258. The van der Waals surface area contributed by atoms with Gasteiger partial charge in [0.2, 0.25) is 0 Å². The van der Waals surface area contributed by atoms with E-state index in [0.29, 0.717) is 35.8 Å². The van der Waals surface area contributed by atoms with Crippen molar-refractivity contribution in [1.29, 1.82) is 0 Å². The van der Waals surface area contributed by atoms with Crippen LogP contribution in [-0.4, -0.2) is 43.1 Å². The quantitative estimate of drug-likeness (QED) is 0.355. The Balaban J connectivity index is 1.42. The molecule has 40 heavy (non-hydrogen) atoms. The Morgan fingerprint density at radius 1 is 1.00 bits per heavy atom. The number of benzene rings is 3. The van der Waals surface area contributed by atoms with Gasteiger partial charge < -0.3 is 16.0 Å². The predicted octanol–water partition coefficient (Wildman–Crippen LogP) is 6.29. The highest BCUT2D eigenvalue weighted by atomic mass is 19.4. The van der Waals surface area contributed by atoms with Gasteiger partial charge in [-0.2, -0.15) is 13.2 Å². The van der Waals surface area contributed by atoms with Crippen LogP contribution in [0.2, 0.25) is 0 Å². The molecule has 1 heterocycles. The lowest BCUT2D eigenvalue weighted by Gasteiger charge is -2.32. The maximum atomic E-state index is 13.4. The molecule has 3 aromatic carbocycles. The molecule has 0 bridgehead atoms. The van der Waals surface area contributed by atoms with E-state index in [2.05, 4.69) is 22.4 Å². The monoisotopic (exact) mass is 548 g/mol. The van der Waals surface area contributed by atoms with Gasteiger partial charge in [-0.1, -0.05) is 42.5 Å². The van der Waals surface area contributed by atoms with Crippen LogP contribution in [0.25, 0.3) is 5.57 Å². The first kappa shape index (κ1) is 28.6. The first-order valence-corrected chi connectivity index (χ1v) is 12.9. The summed E-state index contributed by atoms with van der Waals surface area (Å²) in [7, 11) is 1.69. The highest BCUT2D eigenvalue weighted by Gasteiger charge is 2.35. The molecule has 0 radical (unpaired) electrons. The number of anilines is 1. The third kappa shape index (κ3) is 6.42. The van der Waals surface area contributed by atoms with Crippen molar-refractivity contribution in [1.82, 2.24) is 4.90 Å². The van der Waals surface area contributed by atoms with Gasteiger partial charge in [0, 0.05) is 49.4 Å². The summed E-state index contributed by atoms with van der Waals surface area (Å²) in [5.41, 5.74) is 8.52. The maximum absolute atomic E-state index is 13.4. The molecule has 0 spiro atoms. The largest absolute Gasteiger partial charge is 0.417 e. The van der Waals surface area contributed by atoms with Gasteiger partial charge in [0.05, 0.1) is 11.1 Å². The Labute approximate surface area is 231 Å². The maximum Gasteiger partial charge on any atom is 0.417 e. The molecule has 1 aliphatic heterocycles. The van der Waals surface area contributed by atoms with E-state index in [1.807, 2.05) is 12.1 Å². The molecule has 0 atom stereocenters. The zero-order valence-corrected chi connectivity index (χ0v) is 22.3. The summed E-state index contributed by atoms with van der Waals surface area (Å²) in [6, 6.07) is 17.7. The topological polar surface area (TPSA) is 87.8 Å². The molecule has 9 heteroatoms. The number of carbonyl (C=O) groups is 2. The van der Waals surface area contributed by atoms with E-state index in [1.165, 1.54) is 30.0 Å². The number of hydrogen-bond donors (Lipinski definition) is 2. The van der Waals surface area contributed by atoms with Crippen LogP contribution in [-0.2, 0) is 6.18 Å². The van der Waals surface area contributed by atoms with Gasteiger partial charge in [0.25, 0.3) is 11.8 Å². The second-order valence-electron chi connectivity index (χ2n) is 9.72. The molecule has 1 saturated heterocycles. The molecule has 1 aliphatic rings. The van der Waals surface area contributed by atoms with Gasteiger partial charge in [-0.15, -0.1) is 0 Å². The van der Waals surface area contributed by atoms with Crippen molar-refractivity contribution in [2.45, 2.75) is 31.9 Å². The number of nitrogens with two attached hydrogens (primary N) is 1. The number of amides is 2. The second-order valence-corrected chi connectivity index (χ2v) is 9.72. The average Bonchev–Trinajstić information content (AvgIpc) is 2.96. The molecular weight excluding hydrogens is 517 g/mol. The van der Waals surface area contributed by atoms with E-state index in [4.69, 9.17) is 5.73 Å². The Morgan fingerprint density at radius 3 is 2.27 bits per heavy atom. The highest BCUT2D eigenvalue weighted by Crippen LogP contribution is 2.33. The van der Waals surface area contributed by atoms with Crippen LogP contribution in [0.1, 0.15) is 61.7 Å². The molecule has 208 valence electrons. The summed E-state index contributed by atoms with van der Waals surface area (Å²) >= 11 is 0. The summed E-state index contributed by atoms with van der Waals surface area (Å²) in [5.74, 6) is -0.759. The number of nitrogens with one attached hydrogen (secondary N) is 1. The van der Waals surface area contributed by atoms with Gasteiger partial charge in [0.1, 0.15) is 0 Å². The minimum Gasteiger partial charge on any atom is -0.404 e. The summed E-state index contributed by atoms with van der Waals surface area (Å²) in [6.07, 6.45) is 0.163. The number of alkyl halides is 3. The average molecular weight is 549 g/mol. The summed E-state index contributed by atoms with van der Waals surface area (Å²) < 4.78 is 40.2. The summed E-state index contributed by atoms with van der Waals surface area (Å²) in [6.45, 7) is 2.85. The standard InChI is InChI=1S/C31H31F3N4O2/c1-20-7-8-24(17-28(20)37-29(39)26-5-3-4-6-27(26)31(32,33)34)30(40)38-15-13-23(14-16-38)21-9-11-22(12-10-21)25(18-35)19-36-2/h3-12,17-19,23H,13-16,35H2,1-2H3,(H,37,39). The predicted molar refractivity (Wildman–Crippen MR) is 151 cm³/mol. The summed E-state index contributed by atoms with van der Waals surface area (Å²) in [5, 5.41) is 2.56. The van der Waals surface area contributed by atoms with Gasteiger partial charge in [0.15, 0.2) is 0 Å². The van der Waals surface area contributed by atoms with E-state index >= 15 is 0 Å². The number of halogens is 3. The molecule has 3 aromatic rings. The molecular formula is C31H31F3N4O2. The lowest BCUT2D eigenvalue weighted by Crippen LogP contribution is -2.38. The van der Waals surface area contributed by atoms with E-state index in [-0.39, 0.29) is 5.91 Å². The van der Waals surface area contributed by atoms with Crippen molar-refractivity contribution in [3.05, 3.63) is 106 Å². The Bertz CT molecular complexity index is 1440. The first-order valence-electron chi connectivity index (χ1n) is 12.9. The third-order valence-corrected chi connectivity index (χ3v) is 7.16. The molecule has 0 aromatic heterocycles. The lowest BCUT2D eigenvalue weighted by molar-refractivity contribution is -0.137. The van der Waals surface area contributed by atoms with Gasteiger partial charge >= 0.3 is 6.18 Å². The van der Waals surface area contributed by atoms with Crippen molar-refractivity contribution < 1.29 is 22.8 Å². The Hall–Kier alpha value is -4.40. The van der Waals surface area contributed by atoms with Crippen LogP contribution in [0.4, 0.5) is 18.9 Å². The first-order chi connectivity index (χ1) is 19.1. The normalized spacial score (nSPS) is 14.9. The number of likely N-dealkylation sites (tertiary alicyclic amines) is 1. The van der Waals surface area contributed by atoms with E-state index < -0.39 is 23.2 Å². The molecule has 1 fully saturated rings. The third-order valence-electron chi connectivity index (χ3n) is 7.16. The molecule has 0 aliphatic carbocycles. The number of hydrogen-bond acceptors (Lipinski definition) is 4. The lowest BCUT2D eigenvalue weighted by atomic mass is 9.88. The Morgan fingerprint density at radius 2 is 1.65 bits per heavy atom.